The number of nitrogens with zero attached hydrogens (tertiary/aromatic N) is 6. The third kappa shape index (κ3) is 13.0. The zero-order valence-electron chi connectivity index (χ0n) is 35.6. The Bertz CT molecular complexity index is 1990. The van der Waals surface area contributed by atoms with Crippen LogP contribution in [-0.2, 0) is 32.0 Å². The van der Waals surface area contributed by atoms with E-state index in [0.717, 1.165) is 23.7 Å². The van der Waals surface area contributed by atoms with Gasteiger partial charge in [-0.05, 0) is 69.6 Å². The summed E-state index contributed by atoms with van der Waals surface area (Å²) in [6.07, 6.45) is 3.24. The van der Waals surface area contributed by atoms with E-state index in [0.29, 0.717) is 49.0 Å². The van der Waals surface area contributed by atoms with Gasteiger partial charge in [-0.3, -0.25) is 39.4 Å². The van der Waals surface area contributed by atoms with Gasteiger partial charge in [0.05, 0.1) is 42.4 Å². The summed E-state index contributed by atoms with van der Waals surface area (Å²) in [6, 6.07) is -0.841. The largest absolute Gasteiger partial charge is 0.508 e. The number of amides is 4. The molecular weight excluding hydrogens is 805 g/mol. The van der Waals surface area contributed by atoms with E-state index in [4.69, 9.17) is 22.9 Å². The molecule has 340 valence electrons. The molecule has 1 aromatic heterocycles. The Morgan fingerprint density at radius 2 is 1.73 bits per heavy atom. The molecule has 4 rings (SSSR count). The Morgan fingerprint density at radius 3 is 2.37 bits per heavy atom. The smallest absolute Gasteiger partial charge is 0.330 e. The van der Waals surface area contributed by atoms with Crippen LogP contribution in [0.25, 0.3) is 0 Å². The van der Waals surface area contributed by atoms with E-state index in [2.05, 4.69) is 36.2 Å². The average Bonchev–Trinajstić information content (AvgIpc) is 3.91. The molecule has 62 heavy (non-hydrogen) atoms. The molecule has 1 aliphatic carbocycles. The zero-order chi connectivity index (χ0) is 45.7. The van der Waals surface area contributed by atoms with Crippen LogP contribution in [0.2, 0.25) is 0 Å². The molecule has 2 heterocycles. The number of nitrogens with one attached hydrogen (secondary N) is 4. The van der Waals surface area contributed by atoms with Crippen LogP contribution in [0, 0.1) is 5.92 Å². The number of guanidine groups is 1. The number of phenolic OH excluding ortho intramolecular Hbond substituents is 1. The van der Waals surface area contributed by atoms with Crippen molar-refractivity contribution in [3.8, 4) is 5.75 Å². The topological polar surface area (TPSA) is 344 Å². The molecule has 22 nitrogen and oxygen atoms in total. The van der Waals surface area contributed by atoms with Crippen LogP contribution >= 0.6 is 0 Å². The number of hydrogen-bond acceptors (Lipinski definition) is 14. The second kappa shape index (κ2) is 22.8. The molecule has 0 spiro atoms. The predicted octanol–water partition coefficient (Wildman–Crippen LogP) is -2.53. The van der Waals surface area contributed by atoms with E-state index in [1.165, 1.54) is 12.1 Å². The summed E-state index contributed by atoms with van der Waals surface area (Å²) in [6.45, 7) is 8.11. The van der Waals surface area contributed by atoms with Crippen LogP contribution < -0.4 is 49.8 Å². The maximum absolute atomic E-state index is 14.1. The minimum Gasteiger partial charge on any atom is -0.508 e. The molecular formula is C40H62N14O8. The highest BCUT2D eigenvalue weighted by atomic mass is 16.3. The molecule has 14 N–H and O–H groups in total. The molecule has 2 aliphatic rings. The van der Waals surface area contributed by atoms with E-state index in [-0.39, 0.29) is 56.0 Å². The molecule has 1 aromatic carbocycles. The van der Waals surface area contributed by atoms with Gasteiger partial charge in [0.25, 0.3) is 5.56 Å². The van der Waals surface area contributed by atoms with Gasteiger partial charge in [-0.25, -0.2) is 14.3 Å². The first kappa shape index (κ1) is 48.7. The van der Waals surface area contributed by atoms with E-state index >= 15 is 0 Å². The third-order valence-electron chi connectivity index (χ3n) is 11.3. The van der Waals surface area contributed by atoms with Crippen molar-refractivity contribution in [3.05, 3.63) is 57.8 Å². The number of aryl methyl sites for hydroxylation is 1. The van der Waals surface area contributed by atoms with Crippen molar-refractivity contribution in [2.24, 2.45) is 38.8 Å². The first-order valence-electron chi connectivity index (χ1n) is 20.7. The fraction of sp³-hybridized carbons (Fsp3) is 0.575. The lowest BCUT2D eigenvalue weighted by Crippen LogP contribution is -2.57. The minimum absolute atomic E-state index is 0.0321. The molecule has 1 saturated heterocycles. The highest BCUT2D eigenvalue weighted by Gasteiger charge is 2.39. The van der Waals surface area contributed by atoms with Crippen molar-refractivity contribution in [1.29, 1.82) is 0 Å². The number of carbonyl (C=O) groups is 5. The quantitative estimate of drug-likeness (QED) is 0.0268. The molecule has 1 aliphatic heterocycles. The van der Waals surface area contributed by atoms with Crippen LogP contribution in [0.3, 0.4) is 0 Å². The molecule has 4 amide bonds. The van der Waals surface area contributed by atoms with Gasteiger partial charge >= 0.3 is 6.03 Å². The lowest BCUT2D eigenvalue weighted by molar-refractivity contribution is -0.134. The predicted molar refractivity (Wildman–Crippen MR) is 230 cm³/mol. The van der Waals surface area contributed by atoms with Crippen LogP contribution in [0.4, 0.5) is 4.79 Å². The first-order chi connectivity index (χ1) is 29.5. The van der Waals surface area contributed by atoms with Gasteiger partial charge in [-0.15, -0.1) is 0 Å². The fourth-order valence-corrected chi connectivity index (χ4v) is 7.47. The number of aromatic nitrogens is 2. The van der Waals surface area contributed by atoms with Gasteiger partial charge in [0, 0.05) is 31.7 Å². The number of rotatable bonds is 21. The highest BCUT2D eigenvalue weighted by Crippen LogP contribution is 2.34. The number of hydrogen-bond donors (Lipinski definition) is 10. The molecule has 2 aromatic rings. The van der Waals surface area contributed by atoms with Crippen molar-refractivity contribution < 1.29 is 34.2 Å². The van der Waals surface area contributed by atoms with Gasteiger partial charge in [0.2, 0.25) is 17.7 Å². The Labute approximate surface area is 360 Å². The maximum atomic E-state index is 14.1. The SMILES string of the molecule is CCC(C)C(N)C(O)NC(C)C(=O)N1CCN(C2CCc3ncn(C(=O)NC(CCN=C(N)N)C(=O)NC(CC(C)N=CN)C(=O)NC(C=O)Cc4ccc(O)cc4)c(=O)c32)C1. The number of nitrogens with two attached hydrogens (primary N) is 4. The number of aliphatic hydroxyl groups is 1. The fourth-order valence-electron chi connectivity index (χ4n) is 7.47. The highest BCUT2D eigenvalue weighted by molar-refractivity contribution is 5.93. The number of phenols is 1. The van der Waals surface area contributed by atoms with Gasteiger partial charge in [-0.1, -0.05) is 32.4 Å². The monoisotopic (exact) mass is 866 g/mol. The van der Waals surface area contributed by atoms with Crippen LogP contribution in [-0.4, -0.2) is 141 Å². The number of aliphatic hydroxyl groups excluding tert-OH is 1. The van der Waals surface area contributed by atoms with E-state index in [1.807, 2.05) is 18.7 Å². The van der Waals surface area contributed by atoms with Crippen LogP contribution in [0.5, 0.6) is 5.75 Å². The number of carbonyl (C=O) groups excluding carboxylic acids is 5. The first-order valence-corrected chi connectivity index (χ1v) is 20.7. The van der Waals surface area contributed by atoms with E-state index in [9.17, 15) is 39.0 Å². The summed E-state index contributed by atoms with van der Waals surface area (Å²) in [7, 11) is 0. The van der Waals surface area contributed by atoms with Gasteiger partial charge in [0.15, 0.2) is 5.96 Å². The molecule has 0 radical (unpaired) electrons. The Balaban J connectivity index is 1.50. The van der Waals surface area contributed by atoms with Gasteiger partial charge < -0.3 is 58.8 Å². The maximum Gasteiger partial charge on any atom is 0.330 e. The number of aliphatic imine (C=N–C) groups is 2. The zero-order valence-corrected chi connectivity index (χ0v) is 35.6. The summed E-state index contributed by atoms with van der Waals surface area (Å²) < 4.78 is 0.769. The second-order valence-corrected chi connectivity index (χ2v) is 15.8. The summed E-state index contributed by atoms with van der Waals surface area (Å²) in [4.78, 5) is 96.9. The van der Waals surface area contributed by atoms with Gasteiger partial charge in [-0.2, -0.15) is 0 Å². The number of aromatic hydroxyl groups is 1. The molecule has 9 atom stereocenters. The number of aldehydes is 1. The Kier molecular flexibility index (Phi) is 17.9. The molecule has 0 bridgehead atoms. The Morgan fingerprint density at radius 1 is 1.03 bits per heavy atom. The van der Waals surface area contributed by atoms with Crippen molar-refractivity contribution in [2.45, 2.75) is 115 Å². The lowest BCUT2D eigenvalue weighted by atomic mass is 9.98. The third-order valence-corrected chi connectivity index (χ3v) is 11.3. The molecule has 9 unspecified atom stereocenters. The summed E-state index contributed by atoms with van der Waals surface area (Å²) in [5.74, 6) is -1.99. The normalized spacial score (nSPS) is 19.0. The molecule has 1 fully saturated rings. The van der Waals surface area contributed by atoms with Crippen molar-refractivity contribution in [1.82, 2.24) is 40.6 Å². The van der Waals surface area contributed by atoms with Crippen LogP contribution in [0.1, 0.15) is 76.2 Å². The average molecular weight is 867 g/mol. The Hall–Kier alpha value is -5.97. The van der Waals surface area contributed by atoms with Crippen molar-refractivity contribution in [3.63, 3.8) is 0 Å². The standard InChI is InChI=1S/C40H62N14O8/c1-5-22(2)33(42)36(59)48-24(4)37(60)53-15-14-52(21-53)31-11-10-28-32(31)38(61)54(20-47-28)40(62)51-29(12-13-45-39(43)44)34(57)50-30(16-23(3)46-19-41)35(58)49-26(18-55)17-25-6-8-27(56)9-7-25/h6-9,18-20,22-24,26,29-31,33,36,48,56,59H,5,10-17,21,42H2,1-4H3,(H2,41,46)(H,49,58)(H,50,57)(H,51,62)(H4,43,44,45). The summed E-state index contributed by atoms with van der Waals surface area (Å²) in [5.41, 5.74) is 23.5. The minimum atomic E-state index is -1.38. The van der Waals surface area contributed by atoms with Crippen molar-refractivity contribution >= 4 is 42.3 Å². The second-order valence-electron chi connectivity index (χ2n) is 15.8. The summed E-state index contributed by atoms with van der Waals surface area (Å²) >= 11 is 0. The van der Waals surface area contributed by atoms with Gasteiger partial charge in [0.1, 0.15) is 36.7 Å². The molecule has 22 heteroatoms. The van der Waals surface area contributed by atoms with Crippen molar-refractivity contribution in [2.75, 3.05) is 26.3 Å². The lowest BCUT2D eigenvalue weighted by Gasteiger charge is -2.29. The van der Waals surface area contributed by atoms with E-state index in [1.54, 1.807) is 30.9 Å². The van der Waals surface area contributed by atoms with E-state index < -0.39 is 71.9 Å². The number of fused-ring (bicyclic) bond motifs is 1. The van der Waals surface area contributed by atoms with Crippen LogP contribution in [0.15, 0.2) is 45.4 Å². The molecule has 0 saturated carbocycles. The summed E-state index contributed by atoms with van der Waals surface area (Å²) in [5, 5.41) is 30.9. The number of benzene rings is 1.